The minimum absolute atomic E-state index is 0.0261. The van der Waals surface area contributed by atoms with Gasteiger partial charge in [-0.05, 0) is 85.9 Å². The Balaban J connectivity index is 0.779. The summed E-state index contributed by atoms with van der Waals surface area (Å²) < 4.78 is 28.8. The summed E-state index contributed by atoms with van der Waals surface area (Å²) in [6.07, 6.45) is -0.260. The lowest BCUT2D eigenvalue weighted by Crippen LogP contribution is -2.58. The number of benzene rings is 3. The number of β-amino-alcohol motifs (C(OH)–C–C–N with tert-alkyl or cyclic N) is 1. The zero-order chi connectivity index (χ0) is 52.7. The van der Waals surface area contributed by atoms with Gasteiger partial charge < -0.3 is 35.4 Å². The van der Waals surface area contributed by atoms with Gasteiger partial charge in [0.1, 0.15) is 52.4 Å². The van der Waals surface area contributed by atoms with Crippen LogP contribution >= 0.6 is 34.3 Å². The third-order valence-corrected chi connectivity index (χ3v) is 16.4. The van der Waals surface area contributed by atoms with E-state index in [-0.39, 0.29) is 55.0 Å². The zero-order valence-corrected chi connectivity index (χ0v) is 44.9. The maximum absolute atomic E-state index is 15.0. The van der Waals surface area contributed by atoms with Crippen LogP contribution in [0, 0.1) is 38.9 Å². The van der Waals surface area contributed by atoms with Gasteiger partial charge in [-0.1, -0.05) is 68.8 Å². The Kier molecular flexibility index (Phi) is 15.2. The molecule has 1 saturated heterocycles. The van der Waals surface area contributed by atoms with E-state index in [2.05, 4.69) is 58.4 Å². The topological polar surface area (TPSA) is 189 Å². The lowest BCUT2D eigenvalue weighted by Gasteiger charge is -2.36. The highest BCUT2D eigenvalue weighted by Crippen LogP contribution is 2.40. The van der Waals surface area contributed by atoms with Crippen molar-refractivity contribution in [3.8, 4) is 26.9 Å². The Hall–Kier alpha value is -6.47. The number of hydrogen-bond donors (Lipinski definition) is 4. The van der Waals surface area contributed by atoms with Crippen LogP contribution in [-0.4, -0.2) is 97.6 Å². The molecule has 3 aliphatic rings. The third-order valence-electron chi connectivity index (χ3n) is 13.9. The first-order chi connectivity index (χ1) is 35.2. The summed E-state index contributed by atoms with van der Waals surface area (Å²) in [5, 5.41) is 32.1. The Bertz CT molecular complexity index is 3120. The molecule has 19 heteroatoms. The summed E-state index contributed by atoms with van der Waals surface area (Å²) >= 11 is 9.57. The molecule has 15 nitrogen and oxygen atoms in total. The summed E-state index contributed by atoms with van der Waals surface area (Å²) in [5.41, 5.74) is 6.05. The first-order valence-electron chi connectivity index (χ1n) is 24.7. The Morgan fingerprint density at radius 1 is 0.905 bits per heavy atom. The first kappa shape index (κ1) is 52.4. The number of ether oxygens (including phenoxy) is 2. The van der Waals surface area contributed by atoms with Crippen LogP contribution < -0.4 is 25.4 Å². The molecule has 0 radical (unpaired) electrons. The van der Waals surface area contributed by atoms with Crippen molar-refractivity contribution in [1.29, 1.82) is 0 Å². The van der Waals surface area contributed by atoms with Crippen molar-refractivity contribution in [3.05, 3.63) is 133 Å². The highest BCUT2D eigenvalue weighted by molar-refractivity contribution is 7.15. The number of aliphatic imine (C=N–C) groups is 1. The lowest BCUT2D eigenvalue weighted by molar-refractivity contribution is -0.144. The summed E-state index contributed by atoms with van der Waals surface area (Å²) in [6, 6.07) is 18.1. The average molecular weight is 1060 g/mol. The number of aromatic nitrogens is 3. The molecule has 0 spiro atoms. The van der Waals surface area contributed by atoms with Gasteiger partial charge in [-0.2, -0.15) is 0 Å². The van der Waals surface area contributed by atoms with Crippen molar-refractivity contribution in [1.82, 2.24) is 35.6 Å². The van der Waals surface area contributed by atoms with Crippen molar-refractivity contribution in [2.45, 2.75) is 123 Å². The van der Waals surface area contributed by atoms with Crippen LogP contribution in [0.15, 0.2) is 83.2 Å². The molecule has 0 unspecified atom stereocenters. The highest BCUT2D eigenvalue weighted by atomic mass is 35.5. The molecule has 3 aromatic carbocycles. The number of nitrogens with one attached hydrogen (secondary N) is 3. The minimum Gasteiger partial charge on any atom is -0.490 e. The fourth-order valence-electron chi connectivity index (χ4n) is 9.71. The number of rotatable bonds is 15. The number of aliphatic hydroxyl groups is 1. The van der Waals surface area contributed by atoms with E-state index in [4.69, 9.17) is 26.1 Å². The minimum atomic E-state index is -1.10. The highest BCUT2D eigenvalue weighted by Gasteiger charge is 2.45. The number of aliphatic hydroxyl groups excluding tert-OH is 1. The molecule has 74 heavy (non-hydrogen) atoms. The van der Waals surface area contributed by atoms with E-state index in [0.29, 0.717) is 29.5 Å². The maximum atomic E-state index is 15.0. The van der Waals surface area contributed by atoms with E-state index in [1.807, 2.05) is 66.9 Å². The van der Waals surface area contributed by atoms with Gasteiger partial charge in [0.25, 0.3) is 5.91 Å². The zero-order valence-electron chi connectivity index (χ0n) is 42.5. The average Bonchev–Trinajstić information content (AvgIpc) is 4.11. The smallest absolute Gasteiger partial charge is 0.258 e. The van der Waals surface area contributed by atoms with Gasteiger partial charge in [0.15, 0.2) is 12.4 Å². The molecule has 388 valence electrons. The second-order valence-corrected chi connectivity index (χ2v) is 23.1. The molecule has 1 saturated carbocycles. The number of carbonyl (C=O) groups is 4. The molecule has 4 N–H and O–H groups in total. The summed E-state index contributed by atoms with van der Waals surface area (Å²) in [4.78, 5) is 64.0. The number of nitrogens with zero attached hydrogens (tertiary/aromatic N) is 5. The summed E-state index contributed by atoms with van der Waals surface area (Å²) in [5.74, 6) is -0.952. The molecule has 5 atom stereocenters. The molecule has 2 fully saturated rings. The summed E-state index contributed by atoms with van der Waals surface area (Å²) in [7, 11) is 0. The van der Waals surface area contributed by atoms with Crippen LogP contribution in [0.2, 0.25) is 5.02 Å². The van der Waals surface area contributed by atoms with Crippen molar-refractivity contribution >= 4 is 63.6 Å². The summed E-state index contributed by atoms with van der Waals surface area (Å²) in [6.45, 7) is 14.7. The molecule has 0 bridgehead atoms. The van der Waals surface area contributed by atoms with Gasteiger partial charge in [0, 0.05) is 76.0 Å². The van der Waals surface area contributed by atoms with Crippen molar-refractivity contribution in [2.24, 2.45) is 10.4 Å². The van der Waals surface area contributed by atoms with Crippen LogP contribution in [-0.2, 0) is 19.2 Å². The molecule has 6 aromatic rings. The lowest BCUT2D eigenvalue weighted by atomic mass is 9.85. The van der Waals surface area contributed by atoms with Gasteiger partial charge in [-0.25, -0.2) is 4.39 Å². The molecule has 9 rings (SSSR count). The van der Waals surface area contributed by atoms with Gasteiger partial charge >= 0.3 is 0 Å². The number of likely N-dealkylation sites (tertiary alicyclic amines) is 1. The second-order valence-electron chi connectivity index (χ2n) is 20.5. The normalized spacial score (nSPS) is 20.0. The van der Waals surface area contributed by atoms with Crippen molar-refractivity contribution in [3.63, 3.8) is 0 Å². The van der Waals surface area contributed by atoms with E-state index in [1.165, 1.54) is 27.5 Å². The number of amides is 4. The van der Waals surface area contributed by atoms with Crippen LogP contribution in [0.1, 0.15) is 110 Å². The molecular weight excluding hydrogens is 1000 g/mol. The Labute approximate surface area is 442 Å². The van der Waals surface area contributed by atoms with E-state index in [1.54, 1.807) is 43.4 Å². The number of hydrogen-bond acceptors (Lipinski definition) is 12. The van der Waals surface area contributed by atoms with Gasteiger partial charge in [0.05, 0.1) is 24.3 Å². The molecule has 3 aromatic heterocycles. The van der Waals surface area contributed by atoms with E-state index < -0.39 is 59.8 Å². The molecule has 1 aliphatic carbocycles. The third kappa shape index (κ3) is 11.3. The van der Waals surface area contributed by atoms with Crippen LogP contribution in [0.25, 0.3) is 15.4 Å². The molecular formula is C55H60ClFN8O7S2. The number of carbonyl (C=O) groups excluding carboxylic acids is 4. The van der Waals surface area contributed by atoms with Gasteiger partial charge in [-0.3, -0.25) is 28.7 Å². The molecule has 4 amide bonds. The quantitative estimate of drug-likeness (QED) is 0.0779. The number of halogens is 2. The second kappa shape index (κ2) is 21.4. The van der Waals surface area contributed by atoms with Crippen LogP contribution in [0.4, 0.5) is 4.39 Å². The fourth-order valence-corrected chi connectivity index (χ4v) is 12.0. The SMILES string of the molecule is Cc1ccsc1-c1ccc([C@H](C)NC(=O)[C@@H]2C[C@@H](O)CN2C(=O)[C@@H](NC(=O)COc2cc(F)cc(OC3CC(NC(=O)C[C@@H]4N=C(c5ccc(Cl)cc5)c5c(sc(C)c5C)-n5c(C)nnc54)C3)c2)C(C)(C)C)cc1. The number of aryl methyl sites for hydroxylation is 3. The standard InChI is InChI=1S/C55H60ClFN8O7S2/c1-28-17-18-73-49(28)35-11-9-33(10-12-35)30(3)58-52(69)44-23-39(66)26-64(44)53(70)50(55(6,7)8)61-46(68)27-71-40-19-37(57)20-41(24-40)72-42-21-38(22-42)59-45(67)25-43-51-63-62-32(5)65(51)54-47(29(2)31(4)74-54)48(60-43)34-13-15-36(56)16-14-34/h9-20,24,30,38-39,42-44,50,66H,21-23,25-27H2,1-8H3,(H,58,69)(H,59,67)(H,61,68)/t30-,38?,39+,42?,43-,44-,50+/m0/s1. The first-order valence-corrected chi connectivity index (χ1v) is 26.8. The van der Waals surface area contributed by atoms with Crippen LogP contribution in [0.5, 0.6) is 11.5 Å². The Morgan fingerprint density at radius 3 is 2.30 bits per heavy atom. The molecule has 5 heterocycles. The van der Waals surface area contributed by atoms with E-state index in [0.717, 1.165) is 49.5 Å². The fraction of sp³-hybridized carbons (Fsp3) is 0.400. The van der Waals surface area contributed by atoms with E-state index >= 15 is 0 Å². The predicted octanol–water partition coefficient (Wildman–Crippen LogP) is 8.84. The van der Waals surface area contributed by atoms with Crippen LogP contribution in [0.3, 0.4) is 0 Å². The van der Waals surface area contributed by atoms with Gasteiger partial charge in [0.2, 0.25) is 17.7 Å². The van der Waals surface area contributed by atoms with E-state index in [9.17, 15) is 28.7 Å². The maximum Gasteiger partial charge on any atom is 0.258 e. The predicted molar refractivity (Wildman–Crippen MR) is 284 cm³/mol. The monoisotopic (exact) mass is 1060 g/mol. The molecule has 2 aliphatic heterocycles. The van der Waals surface area contributed by atoms with Crippen molar-refractivity contribution < 1.29 is 38.1 Å². The number of thiophene rings is 2. The van der Waals surface area contributed by atoms with Gasteiger partial charge in [-0.15, -0.1) is 32.9 Å². The Morgan fingerprint density at radius 2 is 1.61 bits per heavy atom. The number of fused-ring (bicyclic) bond motifs is 3. The largest absolute Gasteiger partial charge is 0.490 e. The van der Waals surface area contributed by atoms with Crippen molar-refractivity contribution in [2.75, 3.05) is 13.2 Å².